The Morgan fingerprint density at radius 1 is 1.62 bits per heavy atom. The SMILES string of the molecule is CC(=CCC(C)(C)N)C(=O)OCCl. The van der Waals surface area contributed by atoms with Crippen molar-refractivity contribution in [1.82, 2.24) is 0 Å². The first-order valence-electron chi connectivity index (χ1n) is 4.05. The van der Waals surface area contributed by atoms with Gasteiger partial charge in [0, 0.05) is 11.1 Å². The van der Waals surface area contributed by atoms with Crippen molar-refractivity contribution in [3.05, 3.63) is 11.6 Å². The molecule has 0 aromatic heterocycles. The minimum absolute atomic E-state index is 0.115. The van der Waals surface area contributed by atoms with Gasteiger partial charge in [0.05, 0.1) is 0 Å². The van der Waals surface area contributed by atoms with Crippen molar-refractivity contribution >= 4 is 17.6 Å². The molecule has 0 fully saturated rings. The predicted molar refractivity (Wildman–Crippen MR) is 53.5 cm³/mol. The largest absolute Gasteiger partial charge is 0.446 e. The van der Waals surface area contributed by atoms with Gasteiger partial charge in [0.25, 0.3) is 0 Å². The number of alkyl halides is 1. The van der Waals surface area contributed by atoms with Crippen LogP contribution in [0.1, 0.15) is 27.2 Å². The third kappa shape index (κ3) is 6.61. The van der Waals surface area contributed by atoms with E-state index in [-0.39, 0.29) is 17.6 Å². The first kappa shape index (κ1) is 12.5. The summed E-state index contributed by atoms with van der Waals surface area (Å²) in [7, 11) is 0. The van der Waals surface area contributed by atoms with Crippen molar-refractivity contribution in [3.8, 4) is 0 Å². The molecule has 0 rings (SSSR count). The van der Waals surface area contributed by atoms with Gasteiger partial charge < -0.3 is 10.5 Å². The van der Waals surface area contributed by atoms with Crippen LogP contribution in [0, 0.1) is 0 Å². The van der Waals surface area contributed by atoms with E-state index in [1.54, 1.807) is 13.0 Å². The van der Waals surface area contributed by atoms with Crippen molar-refractivity contribution in [2.75, 3.05) is 6.07 Å². The van der Waals surface area contributed by atoms with Crippen LogP contribution >= 0.6 is 11.6 Å². The molecule has 0 spiro atoms. The monoisotopic (exact) mass is 205 g/mol. The molecule has 0 saturated heterocycles. The van der Waals surface area contributed by atoms with E-state index >= 15 is 0 Å². The van der Waals surface area contributed by atoms with Crippen molar-refractivity contribution in [1.29, 1.82) is 0 Å². The van der Waals surface area contributed by atoms with Gasteiger partial charge in [-0.15, -0.1) is 0 Å². The lowest BCUT2D eigenvalue weighted by atomic mass is 10.0. The van der Waals surface area contributed by atoms with Crippen LogP contribution in [-0.2, 0) is 9.53 Å². The van der Waals surface area contributed by atoms with E-state index in [1.807, 2.05) is 13.8 Å². The third-order valence-corrected chi connectivity index (χ3v) is 1.55. The summed E-state index contributed by atoms with van der Waals surface area (Å²) >= 11 is 5.24. The van der Waals surface area contributed by atoms with Gasteiger partial charge in [0.15, 0.2) is 6.07 Å². The summed E-state index contributed by atoms with van der Waals surface area (Å²) in [4.78, 5) is 11.0. The van der Waals surface area contributed by atoms with Crippen molar-refractivity contribution in [3.63, 3.8) is 0 Å². The fraction of sp³-hybridized carbons (Fsp3) is 0.667. The second kappa shape index (κ2) is 5.25. The molecular formula is C9H16ClNO2. The van der Waals surface area contributed by atoms with E-state index in [9.17, 15) is 4.79 Å². The molecule has 4 heteroatoms. The topological polar surface area (TPSA) is 52.3 Å². The van der Waals surface area contributed by atoms with Crippen LogP contribution in [0.25, 0.3) is 0 Å². The molecule has 2 N–H and O–H groups in total. The Kier molecular flexibility index (Phi) is 5.03. The zero-order valence-corrected chi connectivity index (χ0v) is 9.02. The number of halogens is 1. The summed E-state index contributed by atoms with van der Waals surface area (Å²) in [6, 6.07) is -0.115. The Morgan fingerprint density at radius 3 is 2.54 bits per heavy atom. The first-order chi connectivity index (χ1) is 5.87. The molecule has 0 aliphatic carbocycles. The van der Waals surface area contributed by atoms with Gasteiger partial charge in [-0.05, 0) is 27.2 Å². The van der Waals surface area contributed by atoms with Crippen LogP contribution in [-0.4, -0.2) is 17.6 Å². The third-order valence-electron chi connectivity index (χ3n) is 1.44. The Balaban J connectivity index is 4.09. The maximum Gasteiger partial charge on any atom is 0.334 e. The van der Waals surface area contributed by atoms with Gasteiger partial charge in [0.1, 0.15) is 0 Å². The highest BCUT2D eigenvalue weighted by molar-refractivity contribution is 6.17. The Morgan fingerprint density at radius 2 is 2.15 bits per heavy atom. The lowest BCUT2D eigenvalue weighted by Gasteiger charge is -2.15. The van der Waals surface area contributed by atoms with E-state index < -0.39 is 0 Å². The molecule has 0 atom stereocenters. The number of esters is 1. The molecule has 0 aromatic rings. The molecule has 0 radical (unpaired) electrons. The van der Waals surface area contributed by atoms with Crippen LogP contribution in [0.4, 0.5) is 0 Å². The number of rotatable bonds is 4. The smallest absolute Gasteiger partial charge is 0.334 e. The van der Waals surface area contributed by atoms with Crippen LogP contribution in [0.15, 0.2) is 11.6 Å². The second-order valence-corrected chi connectivity index (χ2v) is 3.84. The van der Waals surface area contributed by atoms with Crippen LogP contribution < -0.4 is 5.73 Å². The van der Waals surface area contributed by atoms with Crippen LogP contribution in [0.2, 0.25) is 0 Å². The van der Waals surface area contributed by atoms with E-state index in [4.69, 9.17) is 17.3 Å². The molecular weight excluding hydrogens is 190 g/mol. The summed E-state index contributed by atoms with van der Waals surface area (Å²) in [5.74, 6) is -0.390. The number of carbonyl (C=O) groups excluding carboxylic acids is 1. The maximum atomic E-state index is 11.0. The van der Waals surface area contributed by atoms with E-state index in [0.29, 0.717) is 12.0 Å². The number of carbonyl (C=O) groups is 1. The number of ether oxygens (including phenoxy) is 1. The molecule has 76 valence electrons. The molecule has 0 aliphatic heterocycles. The standard InChI is InChI=1S/C9H16ClNO2/c1-7(8(12)13-6-10)4-5-9(2,3)11/h4H,5-6,11H2,1-3H3. The van der Waals surface area contributed by atoms with Gasteiger partial charge in [0.2, 0.25) is 0 Å². The summed E-state index contributed by atoms with van der Waals surface area (Å²) in [6.45, 7) is 5.47. The van der Waals surface area contributed by atoms with Gasteiger partial charge in [-0.3, -0.25) is 0 Å². The highest BCUT2D eigenvalue weighted by atomic mass is 35.5. The second-order valence-electron chi connectivity index (χ2n) is 3.62. The average molecular weight is 206 g/mol. The molecule has 0 amide bonds. The number of hydrogen-bond acceptors (Lipinski definition) is 3. The molecule has 0 unspecified atom stereocenters. The Bertz CT molecular complexity index is 206. The fourth-order valence-corrected chi connectivity index (χ4v) is 0.762. The van der Waals surface area contributed by atoms with Gasteiger partial charge in [-0.1, -0.05) is 17.7 Å². The number of nitrogens with two attached hydrogens (primary N) is 1. The van der Waals surface area contributed by atoms with Crippen LogP contribution in [0.3, 0.4) is 0 Å². The normalized spacial score (nSPS) is 12.8. The van der Waals surface area contributed by atoms with Crippen molar-refractivity contribution in [2.45, 2.75) is 32.7 Å². The minimum atomic E-state index is -0.390. The molecule has 0 aromatic carbocycles. The Hall–Kier alpha value is -0.540. The summed E-state index contributed by atoms with van der Waals surface area (Å²) in [6.07, 6.45) is 2.39. The molecule has 13 heavy (non-hydrogen) atoms. The lowest BCUT2D eigenvalue weighted by Crippen LogP contribution is -2.31. The minimum Gasteiger partial charge on any atom is -0.446 e. The van der Waals surface area contributed by atoms with E-state index in [0.717, 1.165) is 0 Å². The quantitative estimate of drug-likeness (QED) is 0.433. The van der Waals surface area contributed by atoms with Gasteiger partial charge in [-0.25, -0.2) is 4.79 Å². The van der Waals surface area contributed by atoms with Crippen LogP contribution in [0.5, 0.6) is 0 Å². The average Bonchev–Trinajstić information content (AvgIpc) is 1.99. The molecule has 3 nitrogen and oxygen atoms in total. The first-order valence-corrected chi connectivity index (χ1v) is 4.59. The highest BCUT2D eigenvalue weighted by Crippen LogP contribution is 2.08. The molecule has 0 bridgehead atoms. The van der Waals surface area contributed by atoms with E-state index in [2.05, 4.69) is 4.74 Å². The molecule has 0 saturated carbocycles. The zero-order chi connectivity index (χ0) is 10.5. The van der Waals surface area contributed by atoms with Gasteiger partial charge in [-0.2, -0.15) is 0 Å². The van der Waals surface area contributed by atoms with Crippen molar-refractivity contribution < 1.29 is 9.53 Å². The number of hydrogen-bond donors (Lipinski definition) is 1. The molecule has 0 heterocycles. The lowest BCUT2D eigenvalue weighted by molar-refractivity contribution is -0.136. The predicted octanol–water partition coefficient (Wildman–Crippen LogP) is 1.80. The summed E-state index contributed by atoms with van der Waals surface area (Å²) in [5.41, 5.74) is 5.97. The summed E-state index contributed by atoms with van der Waals surface area (Å²) in [5, 5.41) is 0. The van der Waals surface area contributed by atoms with Gasteiger partial charge >= 0.3 is 5.97 Å². The fourth-order valence-electron chi connectivity index (χ4n) is 0.663. The summed E-state index contributed by atoms with van der Waals surface area (Å²) < 4.78 is 4.59. The van der Waals surface area contributed by atoms with E-state index in [1.165, 1.54) is 0 Å². The zero-order valence-electron chi connectivity index (χ0n) is 8.26. The molecule has 0 aliphatic rings. The highest BCUT2D eigenvalue weighted by Gasteiger charge is 2.10. The van der Waals surface area contributed by atoms with Crippen molar-refractivity contribution in [2.24, 2.45) is 5.73 Å². The maximum absolute atomic E-state index is 11.0. The Labute approximate surface area is 83.9 Å².